The summed E-state index contributed by atoms with van der Waals surface area (Å²) in [6.07, 6.45) is 1.53. The number of benzene rings is 1. The van der Waals surface area contributed by atoms with Gasteiger partial charge in [0.05, 0.1) is 0 Å². The second-order valence-electron chi connectivity index (χ2n) is 7.10. The number of aryl methyl sites for hydroxylation is 1. The number of hydrogen-bond acceptors (Lipinski definition) is 2. The molecule has 0 aliphatic carbocycles. The third kappa shape index (κ3) is 2.82. The van der Waals surface area contributed by atoms with Gasteiger partial charge in [0, 0.05) is 24.3 Å². The fourth-order valence-corrected chi connectivity index (χ4v) is 2.51. The van der Waals surface area contributed by atoms with Crippen LogP contribution >= 0.6 is 0 Å². The Morgan fingerprint density at radius 3 is 2.65 bits per heavy atom. The van der Waals surface area contributed by atoms with Gasteiger partial charge in [-0.3, -0.25) is 4.79 Å². The largest absolute Gasteiger partial charge is 0.398 e. The Labute approximate surface area is 122 Å². The fourth-order valence-electron chi connectivity index (χ4n) is 2.51. The number of amides is 1. The van der Waals surface area contributed by atoms with Gasteiger partial charge in [0.15, 0.2) is 0 Å². The number of rotatable bonds is 2. The van der Waals surface area contributed by atoms with E-state index in [0.29, 0.717) is 12.3 Å². The number of carbonyl (C=O) groups is 1. The highest BCUT2D eigenvalue weighted by atomic mass is 16.2. The van der Waals surface area contributed by atoms with Gasteiger partial charge in [0.1, 0.15) is 0 Å². The molecule has 0 spiro atoms. The van der Waals surface area contributed by atoms with Crippen LogP contribution in [0.25, 0.3) is 0 Å². The third-order valence-corrected chi connectivity index (χ3v) is 4.62. The van der Waals surface area contributed by atoms with E-state index in [9.17, 15) is 4.79 Å². The fraction of sp³-hybridized carbons (Fsp3) is 0.588. The summed E-state index contributed by atoms with van der Waals surface area (Å²) in [5.41, 5.74) is 10.3. The van der Waals surface area contributed by atoms with Crippen molar-refractivity contribution < 1.29 is 4.79 Å². The van der Waals surface area contributed by atoms with Crippen molar-refractivity contribution in [2.24, 2.45) is 11.3 Å². The van der Waals surface area contributed by atoms with E-state index in [1.54, 1.807) is 0 Å². The van der Waals surface area contributed by atoms with Gasteiger partial charge in [-0.1, -0.05) is 33.8 Å². The lowest BCUT2D eigenvalue weighted by atomic mass is 9.80. The molecule has 1 amide bonds. The minimum Gasteiger partial charge on any atom is -0.398 e. The first kappa shape index (κ1) is 14.9. The van der Waals surface area contributed by atoms with Crippen LogP contribution in [-0.4, -0.2) is 12.5 Å². The Hall–Kier alpha value is -1.51. The molecular weight excluding hydrogens is 248 g/mol. The molecule has 1 heterocycles. The molecule has 1 aliphatic heterocycles. The molecule has 1 aromatic carbocycles. The average Bonchev–Trinajstić information content (AvgIpc) is 2.71. The van der Waals surface area contributed by atoms with Crippen LogP contribution in [0.15, 0.2) is 12.1 Å². The highest BCUT2D eigenvalue weighted by Crippen LogP contribution is 2.34. The van der Waals surface area contributed by atoms with Gasteiger partial charge in [-0.05, 0) is 41.9 Å². The lowest BCUT2D eigenvalue weighted by Crippen LogP contribution is -2.32. The van der Waals surface area contributed by atoms with Crippen LogP contribution in [0.5, 0.6) is 0 Å². The molecule has 20 heavy (non-hydrogen) atoms. The van der Waals surface area contributed by atoms with Crippen LogP contribution in [0.1, 0.15) is 45.2 Å². The second-order valence-corrected chi connectivity index (χ2v) is 7.10. The number of nitrogen functional groups attached to an aromatic ring is 1. The number of nitrogens with zero attached hydrogens (tertiary/aromatic N) is 1. The summed E-state index contributed by atoms with van der Waals surface area (Å²) in [6.45, 7) is 11.5. The van der Waals surface area contributed by atoms with Gasteiger partial charge in [-0.25, -0.2) is 0 Å². The van der Waals surface area contributed by atoms with Gasteiger partial charge < -0.3 is 10.6 Å². The van der Waals surface area contributed by atoms with Crippen molar-refractivity contribution in [2.75, 3.05) is 17.2 Å². The molecule has 0 fully saturated rings. The van der Waals surface area contributed by atoms with Crippen LogP contribution in [-0.2, 0) is 11.2 Å². The zero-order valence-electron chi connectivity index (χ0n) is 13.3. The normalized spacial score (nSPS) is 16.1. The number of anilines is 2. The zero-order valence-corrected chi connectivity index (χ0v) is 13.3. The van der Waals surface area contributed by atoms with Gasteiger partial charge in [0.25, 0.3) is 0 Å². The summed E-state index contributed by atoms with van der Waals surface area (Å²) < 4.78 is 0. The monoisotopic (exact) mass is 274 g/mol. The predicted octanol–water partition coefficient (Wildman–Crippen LogP) is 3.54. The smallest absolute Gasteiger partial charge is 0.227 e. The molecule has 1 aromatic rings. The Balaban J connectivity index is 2.18. The van der Waals surface area contributed by atoms with Gasteiger partial charge >= 0.3 is 0 Å². The molecule has 2 N–H and O–H groups in total. The first-order chi connectivity index (χ1) is 9.20. The van der Waals surface area contributed by atoms with Crippen LogP contribution in [0.3, 0.4) is 0 Å². The van der Waals surface area contributed by atoms with Crippen molar-refractivity contribution in [3.63, 3.8) is 0 Å². The van der Waals surface area contributed by atoms with E-state index in [1.807, 2.05) is 17.9 Å². The van der Waals surface area contributed by atoms with Gasteiger partial charge in [-0.2, -0.15) is 0 Å². The second kappa shape index (κ2) is 5.12. The van der Waals surface area contributed by atoms with E-state index >= 15 is 0 Å². The lowest BCUT2D eigenvalue weighted by Gasteiger charge is -2.28. The summed E-state index contributed by atoms with van der Waals surface area (Å²) in [7, 11) is 0. The summed E-state index contributed by atoms with van der Waals surface area (Å²) in [6, 6.07) is 4.07. The molecule has 0 radical (unpaired) electrons. The van der Waals surface area contributed by atoms with Crippen LogP contribution in [0, 0.1) is 18.3 Å². The minimum atomic E-state index is 0.157. The molecule has 0 bridgehead atoms. The van der Waals surface area contributed by atoms with E-state index in [4.69, 9.17) is 5.73 Å². The SMILES string of the molecule is Cc1cc2c(cc1N)N(C(=O)CC(C)C(C)(C)C)CC2. The Morgan fingerprint density at radius 1 is 1.40 bits per heavy atom. The Kier molecular flexibility index (Phi) is 3.81. The van der Waals surface area contributed by atoms with Crippen molar-refractivity contribution in [2.45, 2.75) is 47.5 Å². The predicted molar refractivity (Wildman–Crippen MR) is 84.9 cm³/mol. The van der Waals surface area contributed by atoms with Crippen LogP contribution in [0.2, 0.25) is 0 Å². The average molecular weight is 274 g/mol. The topological polar surface area (TPSA) is 46.3 Å². The molecule has 1 aliphatic rings. The van der Waals surface area contributed by atoms with Crippen molar-refractivity contribution in [3.05, 3.63) is 23.3 Å². The molecular formula is C17H26N2O. The molecule has 1 atom stereocenters. The zero-order chi connectivity index (χ0) is 15.1. The van der Waals surface area contributed by atoms with E-state index in [1.165, 1.54) is 5.56 Å². The van der Waals surface area contributed by atoms with E-state index in [0.717, 1.165) is 29.9 Å². The van der Waals surface area contributed by atoms with Gasteiger partial charge in [-0.15, -0.1) is 0 Å². The lowest BCUT2D eigenvalue weighted by molar-refractivity contribution is -0.120. The molecule has 2 rings (SSSR count). The summed E-state index contributed by atoms with van der Waals surface area (Å²) in [5.74, 6) is 0.580. The van der Waals surface area contributed by atoms with Crippen LogP contribution in [0.4, 0.5) is 11.4 Å². The summed E-state index contributed by atoms with van der Waals surface area (Å²) in [4.78, 5) is 14.5. The maximum Gasteiger partial charge on any atom is 0.227 e. The number of fused-ring (bicyclic) bond motifs is 1. The first-order valence-electron chi connectivity index (χ1n) is 7.39. The quantitative estimate of drug-likeness (QED) is 0.838. The maximum atomic E-state index is 12.5. The van der Waals surface area contributed by atoms with E-state index < -0.39 is 0 Å². The highest BCUT2D eigenvalue weighted by Gasteiger charge is 2.29. The number of nitrogens with two attached hydrogens (primary N) is 1. The maximum absolute atomic E-state index is 12.5. The third-order valence-electron chi connectivity index (χ3n) is 4.62. The Morgan fingerprint density at radius 2 is 2.05 bits per heavy atom. The van der Waals surface area contributed by atoms with E-state index in [2.05, 4.69) is 33.8 Å². The number of hydrogen-bond donors (Lipinski definition) is 1. The van der Waals surface area contributed by atoms with Crippen LogP contribution < -0.4 is 10.6 Å². The van der Waals surface area contributed by atoms with Crippen molar-refractivity contribution in [3.8, 4) is 0 Å². The standard InChI is InChI=1S/C17H26N2O/c1-11-8-13-6-7-19(15(13)10-14(11)18)16(20)9-12(2)17(3,4)5/h8,10,12H,6-7,9,18H2,1-5H3. The number of carbonyl (C=O) groups excluding carboxylic acids is 1. The van der Waals surface area contributed by atoms with Crippen molar-refractivity contribution >= 4 is 17.3 Å². The molecule has 0 saturated heterocycles. The molecule has 3 heteroatoms. The minimum absolute atomic E-state index is 0.157. The molecule has 0 aromatic heterocycles. The summed E-state index contributed by atoms with van der Waals surface area (Å²) >= 11 is 0. The van der Waals surface area contributed by atoms with Crippen molar-refractivity contribution in [1.29, 1.82) is 0 Å². The van der Waals surface area contributed by atoms with Gasteiger partial charge in [0.2, 0.25) is 5.91 Å². The molecule has 110 valence electrons. The highest BCUT2D eigenvalue weighted by molar-refractivity contribution is 5.96. The Bertz CT molecular complexity index is 529. The molecule has 0 saturated carbocycles. The molecule has 1 unspecified atom stereocenters. The van der Waals surface area contributed by atoms with Crippen molar-refractivity contribution in [1.82, 2.24) is 0 Å². The first-order valence-corrected chi connectivity index (χ1v) is 7.39. The van der Waals surface area contributed by atoms with E-state index in [-0.39, 0.29) is 11.3 Å². The molecule has 3 nitrogen and oxygen atoms in total. The summed E-state index contributed by atoms with van der Waals surface area (Å²) in [5, 5.41) is 0.